The maximum absolute atomic E-state index is 5.16. The number of benzene rings is 1. The van der Waals surface area contributed by atoms with Gasteiger partial charge in [0.15, 0.2) is 0 Å². The highest BCUT2D eigenvalue weighted by molar-refractivity contribution is 5.47. The first kappa shape index (κ1) is 15.7. The van der Waals surface area contributed by atoms with Crippen LogP contribution in [0.1, 0.15) is 11.1 Å². The molecule has 6 heteroatoms. The van der Waals surface area contributed by atoms with Crippen molar-refractivity contribution in [2.24, 2.45) is 0 Å². The Labute approximate surface area is 141 Å². The van der Waals surface area contributed by atoms with Gasteiger partial charge in [-0.05, 0) is 35.4 Å². The minimum Gasteiger partial charge on any atom is -0.497 e. The molecular weight excluding hydrogens is 302 g/mol. The highest BCUT2D eigenvalue weighted by atomic mass is 16.5. The minimum absolute atomic E-state index is 0.685. The van der Waals surface area contributed by atoms with Gasteiger partial charge in [-0.25, -0.2) is 9.97 Å². The van der Waals surface area contributed by atoms with Gasteiger partial charge < -0.3 is 15.4 Å². The zero-order valence-electron chi connectivity index (χ0n) is 13.4. The van der Waals surface area contributed by atoms with Crippen LogP contribution in [0, 0.1) is 0 Å². The Kier molecular flexibility index (Phi) is 5.19. The molecule has 0 saturated heterocycles. The molecule has 3 rings (SSSR count). The maximum Gasteiger partial charge on any atom is 0.131 e. The summed E-state index contributed by atoms with van der Waals surface area (Å²) in [5, 5.41) is 6.57. The molecular formula is C18H19N5O. The van der Waals surface area contributed by atoms with E-state index in [0.29, 0.717) is 13.1 Å². The molecule has 0 unspecified atom stereocenters. The van der Waals surface area contributed by atoms with Crippen molar-refractivity contribution in [2.75, 3.05) is 17.7 Å². The molecule has 24 heavy (non-hydrogen) atoms. The van der Waals surface area contributed by atoms with E-state index in [2.05, 4.69) is 25.6 Å². The molecule has 2 aromatic heterocycles. The van der Waals surface area contributed by atoms with Crippen LogP contribution < -0.4 is 15.4 Å². The number of hydrogen-bond acceptors (Lipinski definition) is 6. The Hall–Kier alpha value is -3.15. The van der Waals surface area contributed by atoms with Crippen LogP contribution in [0.25, 0.3) is 0 Å². The zero-order chi connectivity index (χ0) is 16.6. The summed E-state index contributed by atoms with van der Waals surface area (Å²) in [7, 11) is 1.66. The molecule has 1 aromatic carbocycles. The fraction of sp³-hybridized carbons (Fsp3) is 0.167. The summed E-state index contributed by atoms with van der Waals surface area (Å²) in [5.41, 5.74) is 2.30. The molecule has 0 aliphatic heterocycles. The van der Waals surface area contributed by atoms with Crippen LogP contribution >= 0.6 is 0 Å². The van der Waals surface area contributed by atoms with E-state index in [1.807, 2.05) is 42.5 Å². The number of methoxy groups -OCH3 is 1. The number of nitrogens with zero attached hydrogens (tertiary/aromatic N) is 3. The number of nitrogens with one attached hydrogen (secondary N) is 2. The lowest BCUT2D eigenvalue weighted by Crippen LogP contribution is -2.05. The summed E-state index contributed by atoms with van der Waals surface area (Å²) < 4.78 is 5.16. The monoisotopic (exact) mass is 321 g/mol. The van der Waals surface area contributed by atoms with Gasteiger partial charge in [0.25, 0.3) is 0 Å². The van der Waals surface area contributed by atoms with Crippen molar-refractivity contribution in [1.82, 2.24) is 15.0 Å². The highest BCUT2D eigenvalue weighted by Crippen LogP contribution is 2.14. The van der Waals surface area contributed by atoms with E-state index < -0.39 is 0 Å². The van der Waals surface area contributed by atoms with Crippen LogP contribution in [0.2, 0.25) is 0 Å². The first-order chi connectivity index (χ1) is 11.8. The number of anilines is 2. The van der Waals surface area contributed by atoms with Crippen molar-refractivity contribution in [2.45, 2.75) is 13.1 Å². The van der Waals surface area contributed by atoms with Gasteiger partial charge in [0, 0.05) is 31.5 Å². The number of pyridine rings is 1. The molecule has 6 nitrogen and oxygen atoms in total. The third kappa shape index (κ3) is 4.42. The van der Waals surface area contributed by atoms with E-state index in [9.17, 15) is 0 Å². The van der Waals surface area contributed by atoms with Gasteiger partial charge in [0.05, 0.1) is 7.11 Å². The Morgan fingerprint density at radius 1 is 0.833 bits per heavy atom. The van der Waals surface area contributed by atoms with Gasteiger partial charge >= 0.3 is 0 Å². The quantitative estimate of drug-likeness (QED) is 0.697. The normalized spacial score (nSPS) is 10.2. The van der Waals surface area contributed by atoms with E-state index in [1.54, 1.807) is 25.8 Å². The molecule has 122 valence electrons. The fourth-order valence-electron chi connectivity index (χ4n) is 2.18. The van der Waals surface area contributed by atoms with Gasteiger partial charge in [0.1, 0.15) is 23.7 Å². The molecule has 0 radical (unpaired) electrons. The average Bonchev–Trinajstić information content (AvgIpc) is 2.66. The second-order valence-electron chi connectivity index (χ2n) is 5.20. The standard InChI is InChI=1S/C18H19N5O/c1-24-16-4-2-14(3-5-16)11-20-17-10-18(23-13-22-17)21-12-15-6-8-19-9-7-15/h2-10,13H,11-12H2,1H3,(H2,20,21,22,23). The molecule has 0 amide bonds. The first-order valence-corrected chi connectivity index (χ1v) is 7.65. The Morgan fingerprint density at radius 3 is 2.00 bits per heavy atom. The summed E-state index contributed by atoms with van der Waals surface area (Å²) in [5.74, 6) is 2.40. The Bertz CT molecular complexity index is 762. The van der Waals surface area contributed by atoms with E-state index in [1.165, 1.54) is 0 Å². The summed E-state index contributed by atoms with van der Waals surface area (Å²) in [4.78, 5) is 12.5. The summed E-state index contributed by atoms with van der Waals surface area (Å²) in [6.07, 6.45) is 5.10. The average molecular weight is 321 g/mol. The van der Waals surface area contributed by atoms with E-state index in [-0.39, 0.29) is 0 Å². The first-order valence-electron chi connectivity index (χ1n) is 7.65. The number of aromatic nitrogens is 3. The van der Waals surface area contributed by atoms with Crippen LogP contribution in [0.4, 0.5) is 11.6 Å². The van der Waals surface area contributed by atoms with Crippen molar-refractivity contribution < 1.29 is 4.74 Å². The molecule has 0 fully saturated rings. The summed E-state index contributed by atoms with van der Waals surface area (Å²) in [6, 6.07) is 13.8. The van der Waals surface area contributed by atoms with Crippen LogP contribution in [0.3, 0.4) is 0 Å². The zero-order valence-corrected chi connectivity index (χ0v) is 13.4. The van der Waals surface area contributed by atoms with E-state index >= 15 is 0 Å². The number of hydrogen-bond donors (Lipinski definition) is 2. The van der Waals surface area contributed by atoms with Crippen LogP contribution in [0.5, 0.6) is 5.75 Å². The molecule has 2 N–H and O–H groups in total. The van der Waals surface area contributed by atoms with E-state index in [4.69, 9.17) is 4.74 Å². The second-order valence-corrected chi connectivity index (χ2v) is 5.20. The largest absolute Gasteiger partial charge is 0.497 e. The maximum atomic E-state index is 5.16. The van der Waals surface area contributed by atoms with Crippen molar-refractivity contribution in [3.05, 3.63) is 72.3 Å². The third-order valence-corrected chi connectivity index (χ3v) is 3.52. The van der Waals surface area contributed by atoms with Crippen molar-refractivity contribution in [3.63, 3.8) is 0 Å². The predicted octanol–water partition coefficient (Wildman–Crippen LogP) is 3.10. The minimum atomic E-state index is 0.685. The summed E-state index contributed by atoms with van der Waals surface area (Å²) >= 11 is 0. The topological polar surface area (TPSA) is 72.0 Å². The molecule has 0 aliphatic carbocycles. The van der Waals surface area contributed by atoms with Gasteiger partial charge in [-0.1, -0.05) is 12.1 Å². The highest BCUT2D eigenvalue weighted by Gasteiger charge is 2.00. The van der Waals surface area contributed by atoms with Crippen molar-refractivity contribution >= 4 is 11.6 Å². The SMILES string of the molecule is COc1ccc(CNc2cc(NCc3ccncc3)ncn2)cc1. The predicted molar refractivity (Wildman–Crippen MR) is 93.9 cm³/mol. The van der Waals surface area contributed by atoms with Gasteiger partial charge in [0.2, 0.25) is 0 Å². The summed E-state index contributed by atoms with van der Waals surface area (Å²) in [6.45, 7) is 1.38. The molecule has 0 saturated carbocycles. The molecule has 2 heterocycles. The Morgan fingerprint density at radius 2 is 1.42 bits per heavy atom. The second kappa shape index (κ2) is 7.92. The number of rotatable bonds is 7. The van der Waals surface area contributed by atoms with Gasteiger partial charge in [-0.3, -0.25) is 4.98 Å². The van der Waals surface area contributed by atoms with Crippen LogP contribution in [-0.2, 0) is 13.1 Å². The fourth-order valence-corrected chi connectivity index (χ4v) is 2.18. The van der Waals surface area contributed by atoms with Crippen LogP contribution in [0.15, 0.2) is 61.2 Å². The lowest BCUT2D eigenvalue weighted by Gasteiger charge is -2.09. The third-order valence-electron chi connectivity index (χ3n) is 3.52. The van der Waals surface area contributed by atoms with Crippen LogP contribution in [-0.4, -0.2) is 22.1 Å². The molecule has 0 spiro atoms. The molecule has 3 aromatic rings. The van der Waals surface area contributed by atoms with Crippen molar-refractivity contribution in [3.8, 4) is 5.75 Å². The smallest absolute Gasteiger partial charge is 0.131 e. The van der Waals surface area contributed by atoms with Crippen molar-refractivity contribution in [1.29, 1.82) is 0 Å². The number of ether oxygens (including phenoxy) is 1. The van der Waals surface area contributed by atoms with E-state index in [0.717, 1.165) is 28.5 Å². The molecule has 0 atom stereocenters. The Balaban J connectivity index is 1.56. The lowest BCUT2D eigenvalue weighted by atomic mass is 10.2. The van der Waals surface area contributed by atoms with Gasteiger partial charge in [-0.15, -0.1) is 0 Å². The lowest BCUT2D eigenvalue weighted by molar-refractivity contribution is 0.414. The van der Waals surface area contributed by atoms with Gasteiger partial charge in [-0.2, -0.15) is 0 Å². The molecule has 0 bridgehead atoms. The molecule has 0 aliphatic rings.